The molecule has 0 radical (unpaired) electrons. The quantitative estimate of drug-likeness (QED) is 0.645. The van der Waals surface area contributed by atoms with E-state index in [0.29, 0.717) is 0 Å². The second-order valence-corrected chi connectivity index (χ2v) is 5.05. The number of hydrogen-bond donors (Lipinski definition) is 2. The molecule has 0 amide bonds. The van der Waals surface area contributed by atoms with Gasteiger partial charge >= 0.3 is 0 Å². The molecule has 0 saturated heterocycles. The molecule has 3 N–H and O–H groups in total. The maximum Gasteiger partial charge on any atom is 0.122 e. The molecule has 2 heterocycles. The van der Waals surface area contributed by atoms with Crippen LogP contribution in [0.1, 0.15) is 29.3 Å². The number of hydrazine groups is 1. The van der Waals surface area contributed by atoms with Gasteiger partial charge in [0.05, 0.1) is 18.3 Å². The summed E-state index contributed by atoms with van der Waals surface area (Å²) < 4.78 is 5.53. The molecular formula is C16H19N3O. The van der Waals surface area contributed by atoms with Crippen LogP contribution >= 0.6 is 0 Å². The zero-order valence-corrected chi connectivity index (χ0v) is 11.4. The lowest BCUT2D eigenvalue weighted by molar-refractivity contribution is 0.357. The maximum absolute atomic E-state index is 5.65. The van der Waals surface area contributed by atoms with E-state index in [2.05, 4.69) is 28.6 Å². The normalized spacial score (nSPS) is 14.7. The number of rotatable bonds is 5. The van der Waals surface area contributed by atoms with Gasteiger partial charge in [0.25, 0.3) is 0 Å². The molecule has 1 aliphatic heterocycles. The van der Waals surface area contributed by atoms with E-state index in [1.54, 1.807) is 6.20 Å². The van der Waals surface area contributed by atoms with Gasteiger partial charge in [0.2, 0.25) is 0 Å². The molecule has 0 bridgehead atoms. The van der Waals surface area contributed by atoms with Crippen LogP contribution in [-0.2, 0) is 12.8 Å². The van der Waals surface area contributed by atoms with Crippen LogP contribution in [0.5, 0.6) is 5.75 Å². The van der Waals surface area contributed by atoms with Gasteiger partial charge in [-0.3, -0.25) is 16.3 Å². The molecule has 0 spiro atoms. The zero-order valence-electron chi connectivity index (χ0n) is 11.4. The van der Waals surface area contributed by atoms with Crippen LogP contribution in [0.2, 0.25) is 0 Å². The molecule has 104 valence electrons. The molecule has 3 rings (SSSR count). The van der Waals surface area contributed by atoms with Gasteiger partial charge in [-0.25, -0.2) is 0 Å². The van der Waals surface area contributed by atoms with Gasteiger partial charge in [0.1, 0.15) is 5.75 Å². The lowest BCUT2D eigenvalue weighted by atomic mass is 10.0. The minimum Gasteiger partial charge on any atom is -0.493 e. The molecular weight excluding hydrogens is 250 g/mol. The first-order chi connectivity index (χ1) is 9.86. The molecule has 0 saturated carbocycles. The number of ether oxygens (including phenoxy) is 1. The fourth-order valence-electron chi connectivity index (χ4n) is 2.61. The summed E-state index contributed by atoms with van der Waals surface area (Å²) in [6.45, 7) is 0.805. The van der Waals surface area contributed by atoms with Crippen molar-refractivity contribution in [2.24, 2.45) is 5.84 Å². The van der Waals surface area contributed by atoms with Crippen LogP contribution in [0.4, 0.5) is 0 Å². The average molecular weight is 269 g/mol. The lowest BCUT2D eigenvalue weighted by Crippen LogP contribution is -2.29. The summed E-state index contributed by atoms with van der Waals surface area (Å²) in [6.07, 6.45) is 4.71. The third-order valence-electron chi connectivity index (χ3n) is 3.72. The Morgan fingerprint density at radius 2 is 2.25 bits per heavy atom. The number of nitrogens with two attached hydrogens (primary N) is 1. The van der Waals surface area contributed by atoms with Crippen LogP contribution < -0.4 is 16.0 Å². The van der Waals surface area contributed by atoms with E-state index in [1.807, 2.05) is 18.2 Å². The first-order valence-electron chi connectivity index (χ1n) is 6.98. The molecule has 2 aromatic rings. The van der Waals surface area contributed by atoms with E-state index in [-0.39, 0.29) is 6.04 Å². The van der Waals surface area contributed by atoms with Crippen LogP contribution in [0.3, 0.4) is 0 Å². The molecule has 1 aliphatic rings. The summed E-state index contributed by atoms with van der Waals surface area (Å²) in [7, 11) is 0. The SMILES string of the molecule is NNC(CCc1ccc2c(c1)CCO2)c1ccccn1. The van der Waals surface area contributed by atoms with Crippen LogP contribution in [0, 0.1) is 0 Å². The Hall–Kier alpha value is -1.91. The second-order valence-electron chi connectivity index (χ2n) is 5.05. The van der Waals surface area contributed by atoms with Crippen molar-refractivity contribution in [3.8, 4) is 5.75 Å². The van der Waals surface area contributed by atoms with Crippen LogP contribution in [0.15, 0.2) is 42.6 Å². The molecule has 4 heteroatoms. The largest absolute Gasteiger partial charge is 0.493 e. The van der Waals surface area contributed by atoms with Crippen molar-refractivity contribution in [3.63, 3.8) is 0 Å². The molecule has 1 aromatic heterocycles. The molecule has 0 aliphatic carbocycles. The van der Waals surface area contributed by atoms with Crippen molar-refractivity contribution in [2.75, 3.05) is 6.61 Å². The summed E-state index contributed by atoms with van der Waals surface area (Å²) in [5.41, 5.74) is 6.48. The number of nitrogens with one attached hydrogen (secondary N) is 1. The van der Waals surface area contributed by atoms with E-state index in [1.165, 1.54) is 11.1 Å². The second kappa shape index (κ2) is 6.03. The van der Waals surface area contributed by atoms with Gasteiger partial charge in [0, 0.05) is 12.6 Å². The summed E-state index contributed by atoms with van der Waals surface area (Å²) in [5.74, 6) is 6.68. The summed E-state index contributed by atoms with van der Waals surface area (Å²) >= 11 is 0. The van der Waals surface area contributed by atoms with Gasteiger partial charge in [0.15, 0.2) is 0 Å². The molecule has 1 unspecified atom stereocenters. The van der Waals surface area contributed by atoms with E-state index in [0.717, 1.165) is 37.3 Å². The number of aromatic nitrogens is 1. The highest BCUT2D eigenvalue weighted by Crippen LogP contribution is 2.27. The summed E-state index contributed by atoms with van der Waals surface area (Å²) in [4.78, 5) is 4.36. The highest BCUT2D eigenvalue weighted by Gasteiger charge is 2.14. The Balaban J connectivity index is 1.66. The maximum atomic E-state index is 5.65. The summed E-state index contributed by atoms with van der Waals surface area (Å²) in [6, 6.07) is 12.4. The van der Waals surface area contributed by atoms with Gasteiger partial charge in [-0.05, 0) is 42.2 Å². The number of pyridine rings is 1. The van der Waals surface area contributed by atoms with E-state index in [9.17, 15) is 0 Å². The minimum atomic E-state index is 0.0840. The van der Waals surface area contributed by atoms with Gasteiger partial charge in [-0.1, -0.05) is 18.2 Å². The smallest absolute Gasteiger partial charge is 0.122 e. The van der Waals surface area contributed by atoms with Crippen LogP contribution in [-0.4, -0.2) is 11.6 Å². The van der Waals surface area contributed by atoms with Crippen molar-refractivity contribution in [3.05, 3.63) is 59.4 Å². The summed E-state index contributed by atoms with van der Waals surface area (Å²) in [5, 5.41) is 0. The highest BCUT2D eigenvalue weighted by molar-refractivity contribution is 5.39. The lowest BCUT2D eigenvalue weighted by Gasteiger charge is -2.15. The molecule has 1 atom stereocenters. The predicted molar refractivity (Wildman–Crippen MR) is 78.3 cm³/mol. The average Bonchev–Trinajstić information content (AvgIpc) is 2.96. The number of fused-ring (bicyclic) bond motifs is 1. The van der Waals surface area contributed by atoms with E-state index < -0.39 is 0 Å². The number of aryl methyl sites for hydroxylation is 1. The van der Waals surface area contributed by atoms with Crippen LogP contribution in [0.25, 0.3) is 0 Å². The van der Waals surface area contributed by atoms with Crippen molar-refractivity contribution in [1.82, 2.24) is 10.4 Å². The zero-order chi connectivity index (χ0) is 13.8. The Bertz CT molecular complexity index is 571. The molecule has 4 nitrogen and oxygen atoms in total. The molecule has 1 aromatic carbocycles. The standard InChI is InChI=1S/C16H19N3O/c17-19-15(14-3-1-2-9-18-14)6-4-12-5-7-16-13(11-12)8-10-20-16/h1-3,5,7,9,11,15,19H,4,6,8,10,17H2. The number of nitrogens with zero attached hydrogens (tertiary/aromatic N) is 1. The van der Waals surface area contributed by atoms with Gasteiger partial charge in [-0.2, -0.15) is 0 Å². The number of hydrogen-bond acceptors (Lipinski definition) is 4. The molecule has 0 fully saturated rings. The Morgan fingerprint density at radius 1 is 1.30 bits per heavy atom. The van der Waals surface area contributed by atoms with Crippen molar-refractivity contribution in [2.45, 2.75) is 25.3 Å². The fourth-order valence-corrected chi connectivity index (χ4v) is 2.61. The van der Waals surface area contributed by atoms with Gasteiger partial charge in [-0.15, -0.1) is 0 Å². The first-order valence-corrected chi connectivity index (χ1v) is 6.98. The fraction of sp³-hybridized carbons (Fsp3) is 0.312. The topological polar surface area (TPSA) is 60.2 Å². The number of benzene rings is 1. The Morgan fingerprint density at radius 3 is 3.05 bits per heavy atom. The Kier molecular flexibility index (Phi) is 3.95. The van der Waals surface area contributed by atoms with E-state index in [4.69, 9.17) is 10.6 Å². The minimum absolute atomic E-state index is 0.0840. The third-order valence-corrected chi connectivity index (χ3v) is 3.72. The molecule has 20 heavy (non-hydrogen) atoms. The Labute approximate surface area is 119 Å². The van der Waals surface area contributed by atoms with Crippen molar-refractivity contribution in [1.29, 1.82) is 0 Å². The predicted octanol–water partition coefficient (Wildman–Crippen LogP) is 2.15. The van der Waals surface area contributed by atoms with E-state index >= 15 is 0 Å². The highest BCUT2D eigenvalue weighted by atomic mass is 16.5. The van der Waals surface area contributed by atoms with Gasteiger partial charge < -0.3 is 4.74 Å². The monoisotopic (exact) mass is 269 g/mol. The van der Waals surface area contributed by atoms with Crippen molar-refractivity contribution < 1.29 is 4.74 Å². The van der Waals surface area contributed by atoms with Crippen molar-refractivity contribution >= 4 is 0 Å². The first kappa shape index (κ1) is 13.1. The third kappa shape index (κ3) is 2.81.